The Morgan fingerprint density at radius 1 is 1.38 bits per heavy atom. The highest BCUT2D eigenvalue weighted by Crippen LogP contribution is 2.45. The molecule has 2 saturated heterocycles. The van der Waals surface area contributed by atoms with Gasteiger partial charge in [-0.3, -0.25) is 4.90 Å². The van der Waals surface area contributed by atoms with Crippen LogP contribution >= 0.6 is 0 Å². The summed E-state index contributed by atoms with van der Waals surface area (Å²) in [5.74, 6) is 0. The minimum atomic E-state index is 0.215. The molecule has 0 bridgehead atoms. The highest BCUT2D eigenvalue weighted by Gasteiger charge is 2.57. The van der Waals surface area contributed by atoms with E-state index in [1.54, 1.807) is 0 Å². The largest absolute Gasteiger partial charge is 0.365 e. The summed E-state index contributed by atoms with van der Waals surface area (Å²) in [5, 5.41) is 0. The molecule has 0 N–H and O–H groups in total. The monoisotopic (exact) mass is 217 g/mol. The van der Waals surface area contributed by atoms with Crippen molar-refractivity contribution in [1.29, 1.82) is 0 Å². The molecule has 1 aromatic rings. The van der Waals surface area contributed by atoms with Gasteiger partial charge >= 0.3 is 0 Å². The van der Waals surface area contributed by atoms with Gasteiger partial charge in [0.2, 0.25) is 0 Å². The SMILES string of the molecule is CC[C@@]12CN(Cc3ccccc3)CC[C@@H]1O2. The lowest BCUT2D eigenvalue weighted by Crippen LogP contribution is -2.40. The molecular weight excluding hydrogens is 198 g/mol. The van der Waals surface area contributed by atoms with Gasteiger partial charge in [0.05, 0.1) is 6.10 Å². The first-order chi connectivity index (χ1) is 7.82. The van der Waals surface area contributed by atoms with E-state index < -0.39 is 0 Å². The van der Waals surface area contributed by atoms with Crippen molar-refractivity contribution in [1.82, 2.24) is 4.90 Å². The molecule has 0 aliphatic carbocycles. The quantitative estimate of drug-likeness (QED) is 0.723. The lowest BCUT2D eigenvalue weighted by Gasteiger charge is -2.29. The van der Waals surface area contributed by atoms with Gasteiger partial charge in [-0.1, -0.05) is 37.3 Å². The zero-order valence-corrected chi connectivity index (χ0v) is 9.86. The third kappa shape index (κ3) is 1.76. The Labute approximate surface area is 97.2 Å². The van der Waals surface area contributed by atoms with Crippen LogP contribution in [0, 0.1) is 0 Å². The van der Waals surface area contributed by atoms with Crippen LogP contribution in [-0.2, 0) is 11.3 Å². The molecule has 3 rings (SSSR count). The number of hydrogen-bond donors (Lipinski definition) is 0. The summed E-state index contributed by atoms with van der Waals surface area (Å²) >= 11 is 0. The van der Waals surface area contributed by atoms with Gasteiger partial charge in [0.25, 0.3) is 0 Å². The topological polar surface area (TPSA) is 15.8 Å². The number of likely N-dealkylation sites (tertiary alicyclic amines) is 1. The van der Waals surface area contributed by atoms with E-state index in [0.717, 1.165) is 19.5 Å². The summed E-state index contributed by atoms with van der Waals surface area (Å²) in [6.45, 7) is 5.61. The fourth-order valence-corrected chi connectivity index (χ4v) is 2.87. The number of nitrogens with zero attached hydrogens (tertiary/aromatic N) is 1. The van der Waals surface area contributed by atoms with E-state index >= 15 is 0 Å². The van der Waals surface area contributed by atoms with Crippen molar-refractivity contribution in [2.45, 2.75) is 38.0 Å². The Morgan fingerprint density at radius 2 is 2.19 bits per heavy atom. The molecule has 0 unspecified atom stereocenters. The van der Waals surface area contributed by atoms with Gasteiger partial charge in [-0.25, -0.2) is 0 Å². The number of ether oxygens (including phenoxy) is 1. The molecule has 2 fully saturated rings. The number of epoxide rings is 1. The Balaban J connectivity index is 1.64. The predicted molar refractivity (Wildman–Crippen MR) is 64.2 cm³/mol. The Bertz CT molecular complexity index is 364. The van der Waals surface area contributed by atoms with Crippen molar-refractivity contribution in [3.63, 3.8) is 0 Å². The molecule has 1 aromatic carbocycles. The van der Waals surface area contributed by atoms with E-state index in [1.807, 2.05) is 0 Å². The molecule has 16 heavy (non-hydrogen) atoms. The molecule has 0 radical (unpaired) electrons. The van der Waals surface area contributed by atoms with E-state index in [-0.39, 0.29) is 5.60 Å². The summed E-state index contributed by atoms with van der Waals surface area (Å²) in [6.07, 6.45) is 2.92. The molecule has 0 amide bonds. The van der Waals surface area contributed by atoms with E-state index in [9.17, 15) is 0 Å². The van der Waals surface area contributed by atoms with Crippen LogP contribution in [0.4, 0.5) is 0 Å². The fraction of sp³-hybridized carbons (Fsp3) is 0.571. The van der Waals surface area contributed by atoms with Crippen LogP contribution in [0.3, 0.4) is 0 Å². The Hall–Kier alpha value is -0.860. The first-order valence-corrected chi connectivity index (χ1v) is 6.26. The second kappa shape index (κ2) is 3.86. The lowest BCUT2D eigenvalue weighted by molar-refractivity contribution is 0.178. The van der Waals surface area contributed by atoms with Crippen LogP contribution < -0.4 is 0 Å². The van der Waals surface area contributed by atoms with Crippen molar-refractivity contribution >= 4 is 0 Å². The molecule has 0 saturated carbocycles. The summed E-state index contributed by atoms with van der Waals surface area (Å²) in [4.78, 5) is 2.53. The van der Waals surface area contributed by atoms with Crippen molar-refractivity contribution in [3.05, 3.63) is 35.9 Å². The minimum Gasteiger partial charge on any atom is -0.365 e. The maximum absolute atomic E-state index is 5.84. The summed E-state index contributed by atoms with van der Waals surface area (Å²) in [7, 11) is 0. The zero-order valence-electron chi connectivity index (χ0n) is 9.86. The van der Waals surface area contributed by atoms with Gasteiger partial charge < -0.3 is 4.74 Å². The molecule has 0 spiro atoms. The van der Waals surface area contributed by atoms with Crippen molar-refractivity contribution in [2.24, 2.45) is 0 Å². The maximum Gasteiger partial charge on any atom is 0.107 e. The third-order valence-corrected chi connectivity index (χ3v) is 3.95. The molecule has 2 heteroatoms. The summed E-state index contributed by atoms with van der Waals surface area (Å²) in [5.41, 5.74) is 1.63. The third-order valence-electron chi connectivity index (χ3n) is 3.95. The summed E-state index contributed by atoms with van der Waals surface area (Å²) in [6, 6.07) is 10.7. The second-order valence-corrected chi connectivity index (χ2v) is 5.01. The Kier molecular flexibility index (Phi) is 2.49. The van der Waals surface area contributed by atoms with Gasteiger partial charge in [-0.2, -0.15) is 0 Å². The fourth-order valence-electron chi connectivity index (χ4n) is 2.87. The second-order valence-electron chi connectivity index (χ2n) is 5.01. The zero-order chi connectivity index (χ0) is 11.0. The first-order valence-electron chi connectivity index (χ1n) is 6.26. The highest BCUT2D eigenvalue weighted by molar-refractivity contribution is 5.15. The van der Waals surface area contributed by atoms with Gasteiger partial charge in [0.15, 0.2) is 0 Å². The van der Waals surface area contributed by atoms with Crippen molar-refractivity contribution < 1.29 is 4.74 Å². The number of rotatable bonds is 3. The summed E-state index contributed by atoms with van der Waals surface area (Å²) < 4.78 is 5.84. The van der Waals surface area contributed by atoms with Crippen LogP contribution in [0.25, 0.3) is 0 Å². The van der Waals surface area contributed by atoms with Crippen LogP contribution in [0.2, 0.25) is 0 Å². The van der Waals surface area contributed by atoms with Crippen LogP contribution in [0.15, 0.2) is 30.3 Å². The molecule has 2 heterocycles. The molecular formula is C14H19NO. The normalized spacial score (nSPS) is 33.4. The minimum absolute atomic E-state index is 0.215. The first kappa shape index (κ1) is 10.3. The van der Waals surface area contributed by atoms with Gasteiger partial charge in [0.1, 0.15) is 5.60 Å². The van der Waals surface area contributed by atoms with Crippen LogP contribution in [0.1, 0.15) is 25.3 Å². The van der Waals surface area contributed by atoms with Crippen LogP contribution in [-0.4, -0.2) is 29.7 Å². The number of fused-ring (bicyclic) bond motifs is 1. The van der Waals surface area contributed by atoms with Gasteiger partial charge in [-0.15, -0.1) is 0 Å². The Morgan fingerprint density at radius 3 is 2.94 bits per heavy atom. The van der Waals surface area contributed by atoms with Gasteiger partial charge in [-0.05, 0) is 18.4 Å². The number of benzene rings is 1. The average molecular weight is 217 g/mol. The number of piperidine rings is 1. The van der Waals surface area contributed by atoms with E-state index in [2.05, 4.69) is 42.2 Å². The molecule has 2 nitrogen and oxygen atoms in total. The standard InChI is InChI=1S/C14H19NO/c1-2-14-11-15(9-8-13(14)16-14)10-12-6-4-3-5-7-12/h3-7,13H,2,8-11H2,1H3/t13-,14+/m0/s1. The molecule has 2 atom stereocenters. The maximum atomic E-state index is 5.84. The molecule has 86 valence electrons. The average Bonchev–Trinajstić information content (AvgIpc) is 3.05. The molecule has 0 aromatic heterocycles. The molecule has 2 aliphatic rings. The van der Waals surface area contributed by atoms with Crippen molar-refractivity contribution in [2.75, 3.05) is 13.1 Å². The lowest BCUT2D eigenvalue weighted by atomic mass is 9.95. The van der Waals surface area contributed by atoms with Gasteiger partial charge in [0, 0.05) is 19.6 Å². The molecule has 2 aliphatic heterocycles. The van der Waals surface area contributed by atoms with Crippen LogP contribution in [0.5, 0.6) is 0 Å². The van der Waals surface area contributed by atoms with E-state index in [4.69, 9.17) is 4.74 Å². The predicted octanol–water partition coefficient (Wildman–Crippen LogP) is 2.44. The van der Waals surface area contributed by atoms with Crippen molar-refractivity contribution in [3.8, 4) is 0 Å². The van der Waals surface area contributed by atoms with E-state index in [0.29, 0.717) is 6.10 Å². The highest BCUT2D eigenvalue weighted by atomic mass is 16.6. The smallest absolute Gasteiger partial charge is 0.107 e. The number of hydrogen-bond acceptors (Lipinski definition) is 2. The van der Waals surface area contributed by atoms with E-state index in [1.165, 1.54) is 18.5 Å².